The van der Waals surface area contributed by atoms with Crippen molar-refractivity contribution >= 4 is 27.5 Å². The zero-order valence-electron chi connectivity index (χ0n) is 13.7. The maximum Gasteiger partial charge on any atom is 0.338 e. The highest BCUT2D eigenvalue weighted by atomic mass is 32.2. The third-order valence-electron chi connectivity index (χ3n) is 3.14. The lowest BCUT2D eigenvalue weighted by Gasteiger charge is -2.09. The lowest BCUT2D eigenvalue weighted by Crippen LogP contribution is -2.15. The van der Waals surface area contributed by atoms with Crippen molar-refractivity contribution in [2.24, 2.45) is 0 Å². The molecule has 132 valence electrons. The number of para-hydroxylation sites is 1. The van der Waals surface area contributed by atoms with Crippen LogP contribution in [-0.2, 0) is 14.8 Å². The summed E-state index contributed by atoms with van der Waals surface area (Å²) >= 11 is 0. The van der Waals surface area contributed by atoms with Gasteiger partial charge in [0.2, 0.25) is 15.8 Å². The molecule has 25 heavy (non-hydrogen) atoms. The third-order valence-corrected chi connectivity index (χ3v) is 3.75. The second-order valence-electron chi connectivity index (χ2n) is 5.15. The normalized spacial score (nSPS) is 10.8. The predicted octanol–water partition coefficient (Wildman–Crippen LogP) is 2.11. The monoisotopic (exact) mass is 363 g/mol. The van der Waals surface area contributed by atoms with Gasteiger partial charge in [0.05, 0.1) is 24.5 Å². The quantitative estimate of drug-likeness (QED) is 0.597. The van der Waals surface area contributed by atoms with Crippen LogP contribution in [0.2, 0.25) is 0 Å². The Labute approximate surface area is 145 Å². The molecule has 8 heteroatoms. The van der Waals surface area contributed by atoms with Gasteiger partial charge in [-0.15, -0.1) is 0 Å². The standard InChI is InChI=1S/C17H17NO6S/c1-23-16-9-4-3-8-14(16)15(19)11-24-17(20)12-6-5-7-13(10-12)18-25(2,21)22/h3-10,18H,11H2,1-2H3. The number of sulfonamides is 1. The van der Waals surface area contributed by atoms with Crippen molar-refractivity contribution in [1.82, 2.24) is 0 Å². The van der Waals surface area contributed by atoms with Gasteiger partial charge in [0.15, 0.2) is 6.61 Å². The first kappa shape index (κ1) is 18.5. The highest BCUT2D eigenvalue weighted by Gasteiger charge is 2.15. The topological polar surface area (TPSA) is 98.8 Å². The molecule has 1 N–H and O–H groups in total. The molecular weight excluding hydrogens is 346 g/mol. The molecule has 0 heterocycles. The van der Waals surface area contributed by atoms with Crippen molar-refractivity contribution in [3.63, 3.8) is 0 Å². The Balaban J connectivity index is 2.05. The van der Waals surface area contributed by atoms with Gasteiger partial charge in [-0.25, -0.2) is 13.2 Å². The van der Waals surface area contributed by atoms with E-state index in [1.807, 2.05) is 0 Å². The Morgan fingerprint density at radius 3 is 2.48 bits per heavy atom. The maximum atomic E-state index is 12.2. The van der Waals surface area contributed by atoms with Crippen LogP contribution in [-0.4, -0.2) is 40.1 Å². The van der Waals surface area contributed by atoms with E-state index in [1.54, 1.807) is 24.3 Å². The molecule has 0 spiro atoms. The van der Waals surface area contributed by atoms with E-state index in [2.05, 4.69) is 4.72 Å². The minimum absolute atomic E-state index is 0.126. The van der Waals surface area contributed by atoms with Gasteiger partial charge >= 0.3 is 5.97 Å². The fourth-order valence-electron chi connectivity index (χ4n) is 2.09. The first-order valence-corrected chi connectivity index (χ1v) is 9.10. The molecular formula is C17H17NO6S. The first-order valence-electron chi connectivity index (χ1n) is 7.21. The second kappa shape index (κ2) is 7.80. The molecule has 0 saturated carbocycles. The molecule has 0 amide bonds. The molecule has 2 aromatic carbocycles. The number of methoxy groups -OCH3 is 1. The first-order chi connectivity index (χ1) is 11.8. The van der Waals surface area contributed by atoms with Gasteiger partial charge in [0.1, 0.15) is 5.75 Å². The van der Waals surface area contributed by atoms with Crippen LogP contribution in [0.25, 0.3) is 0 Å². The minimum Gasteiger partial charge on any atom is -0.496 e. The lowest BCUT2D eigenvalue weighted by molar-refractivity contribution is 0.0474. The summed E-state index contributed by atoms with van der Waals surface area (Å²) in [5, 5.41) is 0. The van der Waals surface area contributed by atoms with Crippen molar-refractivity contribution in [2.45, 2.75) is 0 Å². The number of anilines is 1. The second-order valence-corrected chi connectivity index (χ2v) is 6.90. The minimum atomic E-state index is -3.46. The largest absolute Gasteiger partial charge is 0.496 e. The van der Waals surface area contributed by atoms with Crippen molar-refractivity contribution < 1.29 is 27.5 Å². The number of Topliss-reactive ketones (excluding diaryl/α,β-unsaturated/α-hetero) is 1. The number of nitrogens with one attached hydrogen (secondary N) is 1. The number of ether oxygens (including phenoxy) is 2. The van der Waals surface area contributed by atoms with Crippen molar-refractivity contribution in [2.75, 3.05) is 24.7 Å². The van der Waals surface area contributed by atoms with E-state index in [-0.39, 0.29) is 11.3 Å². The Morgan fingerprint density at radius 1 is 1.08 bits per heavy atom. The summed E-state index contributed by atoms with van der Waals surface area (Å²) in [6, 6.07) is 12.4. The molecule has 2 aromatic rings. The summed E-state index contributed by atoms with van der Waals surface area (Å²) in [6.07, 6.45) is 1.00. The number of rotatable bonds is 7. The average Bonchev–Trinajstić information content (AvgIpc) is 2.58. The average molecular weight is 363 g/mol. The molecule has 0 aliphatic heterocycles. The molecule has 0 unspecified atom stereocenters. The fraction of sp³-hybridized carbons (Fsp3) is 0.176. The molecule has 7 nitrogen and oxygen atoms in total. The van der Waals surface area contributed by atoms with Crippen LogP contribution >= 0.6 is 0 Å². The number of hydrogen-bond acceptors (Lipinski definition) is 6. The van der Waals surface area contributed by atoms with Crippen LogP contribution in [0.3, 0.4) is 0 Å². The molecule has 0 atom stereocenters. The summed E-state index contributed by atoms with van der Waals surface area (Å²) in [4.78, 5) is 24.2. The number of benzene rings is 2. The molecule has 2 rings (SSSR count). The highest BCUT2D eigenvalue weighted by Crippen LogP contribution is 2.18. The number of esters is 1. The maximum absolute atomic E-state index is 12.2. The van der Waals surface area contributed by atoms with Crippen LogP contribution in [0, 0.1) is 0 Å². The molecule has 0 aliphatic carbocycles. The van der Waals surface area contributed by atoms with Gasteiger partial charge in [-0.3, -0.25) is 9.52 Å². The summed E-state index contributed by atoms with van der Waals surface area (Å²) in [7, 11) is -2.02. The van der Waals surface area contributed by atoms with Crippen molar-refractivity contribution in [1.29, 1.82) is 0 Å². The van der Waals surface area contributed by atoms with Crippen LogP contribution in [0.5, 0.6) is 5.75 Å². The number of ketones is 1. The zero-order chi connectivity index (χ0) is 18.4. The van der Waals surface area contributed by atoms with Gasteiger partial charge in [-0.1, -0.05) is 18.2 Å². The highest BCUT2D eigenvalue weighted by molar-refractivity contribution is 7.92. The molecule has 0 aliphatic rings. The van der Waals surface area contributed by atoms with E-state index in [1.165, 1.54) is 31.4 Å². The van der Waals surface area contributed by atoms with Gasteiger partial charge in [-0.05, 0) is 30.3 Å². The van der Waals surface area contributed by atoms with E-state index in [4.69, 9.17) is 9.47 Å². The smallest absolute Gasteiger partial charge is 0.338 e. The Hall–Kier alpha value is -2.87. The molecule has 0 bridgehead atoms. The fourth-order valence-corrected chi connectivity index (χ4v) is 2.65. The summed E-state index contributed by atoms with van der Waals surface area (Å²) in [5.74, 6) is -0.750. The lowest BCUT2D eigenvalue weighted by atomic mass is 10.1. The zero-order valence-corrected chi connectivity index (χ0v) is 14.5. The molecule has 0 fully saturated rings. The predicted molar refractivity (Wildman–Crippen MR) is 92.5 cm³/mol. The Bertz CT molecular complexity index is 892. The van der Waals surface area contributed by atoms with E-state index in [0.717, 1.165) is 6.26 Å². The molecule has 0 radical (unpaired) electrons. The Kier molecular flexibility index (Phi) is 5.76. The van der Waals surface area contributed by atoms with Crippen LogP contribution in [0.4, 0.5) is 5.69 Å². The van der Waals surface area contributed by atoms with Crippen molar-refractivity contribution in [3.8, 4) is 5.75 Å². The summed E-state index contributed by atoms with van der Waals surface area (Å²) < 4.78 is 34.8. The van der Waals surface area contributed by atoms with Crippen LogP contribution < -0.4 is 9.46 Å². The van der Waals surface area contributed by atoms with Crippen LogP contribution in [0.1, 0.15) is 20.7 Å². The molecule has 0 aromatic heterocycles. The van der Waals surface area contributed by atoms with E-state index in [9.17, 15) is 18.0 Å². The van der Waals surface area contributed by atoms with E-state index < -0.39 is 28.4 Å². The van der Waals surface area contributed by atoms with Gasteiger partial charge in [-0.2, -0.15) is 0 Å². The van der Waals surface area contributed by atoms with Gasteiger partial charge in [0, 0.05) is 5.69 Å². The number of carbonyl (C=O) groups excluding carboxylic acids is 2. The SMILES string of the molecule is COc1ccccc1C(=O)COC(=O)c1cccc(NS(C)(=O)=O)c1. The third kappa shape index (κ3) is 5.32. The number of hydrogen-bond donors (Lipinski definition) is 1. The summed E-state index contributed by atoms with van der Waals surface area (Å²) in [6.45, 7) is -0.455. The van der Waals surface area contributed by atoms with Gasteiger partial charge < -0.3 is 9.47 Å². The summed E-state index contributed by atoms with van der Waals surface area (Å²) in [5.41, 5.74) is 0.666. The van der Waals surface area contributed by atoms with E-state index in [0.29, 0.717) is 11.3 Å². The van der Waals surface area contributed by atoms with E-state index >= 15 is 0 Å². The van der Waals surface area contributed by atoms with Gasteiger partial charge in [0.25, 0.3) is 0 Å². The van der Waals surface area contributed by atoms with Crippen LogP contribution in [0.15, 0.2) is 48.5 Å². The Morgan fingerprint density at radius 2 is 1.80 bits per heavy atom. The number of carbonyl (C=O) groups is 2. The van der Waals surface area contributed by atoms with Crippen molar-refractivity contribution in [3.05, 3.63) is 59.7 Å². The molecule has 0 saturated heterocycles.